The summed E-state index contributed by atoms with van der Waals surface area (Å²) in [6, 6.07) is 17.2. The first-order chi connectivity index (χ1) is 17.3. The van der Waals surface area contributed by atoms with Gasteiger partial charge in [-0.3, -0.25) is 9.69 Å². The maximum absolute atomic E-state index is 11.6. The van der Waals surface area contributed by atoms with E-state index in [1.807, 2.05) is 12.1 Å². The minimum absolute atomic E-state index is 0.0793. The lowest BCUT2D eigenvalue weighted by atomic mass is 10.0. The molecule has 2 unspecified atom stereocenters. The van der Waals surface area contributed by atoms with E-state index in [0.717, 1.165) is 50.9 Å². The van der Waals surface area contributed by atoms with Gasteiger partial charge in [-0.05, 0) is 67.8 Å². The number of amides is 1. The highest BCUT2D eigenvalue weighted by atomic mass is 35.5. The van der Waals surface area contributed by atoms with Crippen molar-refractivity contribution in [3.05, 3.63) is 64.7 Å². The number of ether oxygens (including phenoxy) is 1. The summed E-state index contributed by atoms with van der Waals surface area (Å²) in [6.07, 6.45) is 6.02. The zero-order valence-corrected chi connectivity index (χ0v) is 23.0. The molecule has 0 aromatic heterocycles. The Kier molecular flexibility index (Phi) is 13.9. The molecule has 2 atom stereocenters. The van der Waals surface area contributed by atoms with Crippen molar-refractivity contribution in [1.82, 2.24) is 10.2 Å². The van der Waals surface area contributed by atoms with Crippen molar-refractivity contribution in [3.8, 4) is 5.75 Å². The van der Waals surface area contributed by atoms with E-state index in [1.54, 1.807) is 13.2 Å². The van der Waals surface area contributed by atoms with Gasteiger partial charge in [0.25, 0.3) is 0 Å². The molecule has 7 heteroatoms. The third-order valence-corrected chi connectivity index (χ3v) is 6.83. The van der Waals surface area contributed by atoms with Crippen LogP contribution in [0.4, 0.5) is 0 Å². The van der Waals surface area contributed by atoms with Gasteiger partial charge in [0, 0.05) is 38.1 Å². The molecule has 5 N–H and O–H groups in total. The summed E-state index contributed by atoms with van der Waals surface area (Å²) in [5, 5.41) is 3.44. The molecule has 1 aliphatic heterocycles. The number of nitrogens with zero attached hydrogens (tertiary/aromatic N) is 1. The molecule has 0 aliphatic carbocycles. The van der Waals surface area contributed by atoms with Crippen LogP contribution in [0.5, 0.6) is 5.75 Å². The fourth-order valence-corrected chi connectivity index (χ4v) is 4.64. The van der Waals surface area contributed by atoms with E-state index in [-0.39, 0.29) is 5.91 Å². The molecule has 3 rings (SSSR count). The molecule has 2 aromatic carbocycles. The zero-order chi connectivity index (χ0) is 26.3. The molecule has 1 heterocycles. The highest BCUT2D eigenvalue weighted by Gasteiger charge is 2.25. The van der Waals surface area contributed by atoms with Gasteiger partial charge < -0.3 is 21.5 Å². The third-order valence-electron chi connectivity index (χ3n) is 6.54. The smallest absolute Gasteiger partial charge is 0.220 e. The normalized spacial score (nSPS) is 16.4. The molecule has 1 amide bonds. The summed E-state index contributed by atoms with van der Waals surface area (Å²) >= 11 is 6.01. The van der Waals surface area contributed by atoms with Crippen LogP contribution in [0.1, 0.15) is 57.1 Å². The minimum atomic E-state index is 0.0793. The Morgan fingerprint density at radius 3 is 2.47 bits per heavy atom. The van der Waals surface area contributed by atoms with Gasteiger partial charge in [0.05, 0.1) is 12.1 Å². The predicted octanol–water partition coefficient (Wildman–Crippen LogP) is 4.77. The maximum atomic E-state index is 11.6. The Morgan fingerprint density at radius 1 is 1.14 bits per heavy atom. The summed E-state index contributed by atoms with van der Waals surface area (Å²) in [5.41, 5.74) is 14.1. The second kappa shape index (κ2) is 16.6. The number of methoxy groups -OCH3 is 1. The summed E-state index contributed by atoms with van der Waals surface area (Å²) in [6.45, 7) is 7.67. The van der Waals surface area contributed by atoms with Crippen molar-refractivity contribution in [3.63, 3.8) is 0 Å². The monoisotopic (exact) mass is 516 g/mol. The Bertz CT molecular complexity index is 894. The molecular formula is C29H45ClN4O2. The first-order valence-electron chi connectivity index (χ1n) is 13.1. The number of carbonyl (C=O) groups is 1. The van der Waals surface area contributed by atoms with Crippen molar-refractivity contribution in [2.24, 2.45) is 17.4 Å². The van der Waals surface area contributed by atoms with E-state index < -0.39 is 0 Å². The molecule has 1 saturated heterocycles. The van der Waals surface area contributed by atoms with Gasteiger partial charge in [0.15, 0.2) is 0 Å². The average Bonchev–Trinajstić information content (AvgIpc) is 3.31. The highest BCUT2D eigenvalue weighted by Crippen LogP contribution is 2.24. The van der Waals surface area contributed by atoms with Crippen molar-refractivity contribution in [2.75, 3.05) is 26.7 Å². The number of nitrogens with two attached hydrogens (primary N) is 2. The Labute approximate surface area is 222 Å². The number of benzene rings is 2. The van der Waals surface area contributed by atoms with Crippen molar-refractivity contribution >= 4 is 17.5 Å². The molecule has 0 saturated carbocycles. The van der Waals surface area contributed by atoms with Gasteiger partial charge >= 0.3 is 0 Å². The third kappa shape index (κ3) is 11.3. The maximum Gasteiger partial charge on any atom is 0.220 e. The summed E-state index contributed by atoms with van der Waals surface area (Å²) in [4.78, 5) is 14.1. The summed E-state index contributed by atoms with van der Waals surface area (Å²) in [7, 11) is 1.58. The number of hydrogen-bond donors (Lipinski definition) is 3. The topological polar surface area (TPSA) is 93.6 Å². The number of likely N-dealkylation sites (tertiary alicyclic amines) is 1. The van der Waals surface area contributed by atoms with E-state index in [2.05, 4.69) is 54.4 Å². The lowest BCUT2D eigenvalue weighted by Crippen LogP contribution is -2.37. The van der Waals surface area contributed by atoms with Gasteiger partial charge in [-0.25, -0.2) is 0 Å². The van der Waals surface area contributed by atoms with Crippen LogP contribution < -0.4 is 21.5 Å². The van der Waals surface area contributed by atoms with E-state index in [0.29, 0.717) is 41.7 Å². The Hall–Kier alpha value is -2.12. The molecule has 1 aliphatic rings. The largest absolute Gasteiger partial charge is 0.495 e. The van der Waals surface area contributed by atoms with Crippen LogP contribution in [-0.4, -0.2) is 49.6 Å². The average molecular weight is 517 g/mol. The fourth-order valence-electron chi connectivity index (χ4n) is 4.36. The van der Waals surface area contributed by atoms with Gasteiger partial charge in [-0.15, -0.1) is 0 Å². The predicted molar refractivity (Wildman–Crippen MR) is 150 cm³/mol. The first-order valence-corrected chi connectivity index (χ1v) is 13.5. The van der Waals surface area contributed by atoms with E-state index >= 15 is 0 Å². The molecule has 0 bridgehead atoms. The zero-order valence-electron chi connectivity index (χ0n) is 22.2. The van der Waals surface area contributed by atoms with Crippen LogP contribution >= 0.6 is 11.6 Å². The number of hydrogen-bond acceptors (Lipinski definition) is 5. The molecule has 0 radical (unpaired) electrons. The Morgan fingerprint density at radius 2 is 1.89 bits per heavy atom. The molecular weight excluding hydrogens is 472 g/mol. The molecule has 2 aromatic rings. The van der Waals surface area contributed by atoms with Crippen LogP contribution in [0, 0.1) is 5.92 Å². The highest BCUT2D eigenvalue weighted by molar-refractivity contribution is 6.32. The van der Waals surface area contributed by atoms with Crippen molar-refractivity contribution < 1.29 is 9.53 Å². The van der Waals surface area contributed by atoms with E-state index in [1.165, 1.54) is 12.0 Å². The Balaban J connectivity index is 0.000000254. The van der Waals surface area contributed by atoms with Gasteiger partial charge in [0.1, 0.15) is 5.75 Å². The second-order valence-electron chi connectivity index (χ2n) is 9.98. The van der Waals surface area contributed by atoms with Gasteiger partial charge in [-0.1, -0.05) is 61.8 Å². The quantitative estimate of drug-likeness (QED) is 0.378. The van der Waals surface area contributed by atoms with Crippen molar-refractivity contribution in [1.29, 1.82) is 0 Å². The van der Waals surface area contributed by atoms with E-state index in [4.69, 9.17) is 27.8 Å². The molecule has 200 valence electrons. The van der Waals surface area contributed by atoms with Crippen LogP contribution in [0.2, 0.25) is 5.02 Å². The number of carbonyl (C=O) groups excluding carboxylic acids is 1. The number of rotatable bonds is 12. The van der Waals surface area contributed by atoms with Crippen LogP contribution in [-0.2, 0) is 17.8 Å². The molecule has 1 fully saturated rings. The van der Waals surface area contributed by atoms with Crippen LogP contribution in [0.25, 0.3) is 0 Å². The lowest BCUT2D eigenvalue weighted by molar-refractivity contribution is -0.121. The fraction of sp³-hybridized carbons (Fsp3) is 0.552. The second-order valence-corrected chi connectivity index (χ2v) is 10.4. The van der Waals surface area contributed by atoms with Gasteiger partial charge in [0.2, 0.25) is 5.91 Å². The summed E-state index contributed by atoms with van der Waals surface area (Å²) in [5.74, 6) is 1.27. The minimum Gasteiger partial charge on any atom is -0.495 e. The number of halogens is 1. The van der Waals surface area contributed by atoms with Crippen molar-refractivity contribution in [2.45, 2.75) is 71.0 Å². The lowest BCUT2D eigenvalue weighted by Gasteiger charge is -2.27. The van der Waals surface area contributed by atoms with E-state index in [9.17, 15) is 4.79 Å². The standard InChI is InChI=1S/C15H25N3.C14H20ClNO2/c16-10-8-15(18-11-9-14(17)12-18)7-6-13-4-2-1-3-5-13;1-10(2)4-7-14(17)16-9-11-5-6-13(18-3)12(15)8-11/h1-5,14-15H,6-12,16-17H2;5-6,8,10H,4,7,9H2,1-3H3,(H,16,17). The number of nitrogens with one attached hydrogen (secondary N) is 1. The molecule has 36 heavy (non-hydrogen) atoms. The van der Waals surface area contributed by atoms with Gasteiger partial charge in [-0.2, -0.15) is 0 Å². The van der Waals surface area contributed by atoms with Crippen LogP contribution in [0.3, 0.4) is 0 Å². The molecule has 0 spiro atoms. The first kappa shape index (κ1) is 30.1. The molecule has 6 nitrogen and oxygen atoms in total. The SMILES string of the molecule is COc1ccc(CNC(=O)CCC(C)C)cc1Cl.NCCC(CCc1ccccc1)N1CCC(N)C1. The number of aryl methyl sites for hydroxylation is 1. The summed E-state index contributed by atoms with van der Waals surface area (Å²) < 4.78 is 5.07. The van der Waals surface area contributed by atoms with Crippen LogP contribution in [0.15, 0.2) is 48.5 Å².